The topological polar surface area (TPSA) is 99.6 Å². The summed E-state index contributed by atoms with van der Waals surface area (Å²) in [4.78, 5) is 37.9. The Balaban J connectivity index is 1.50. The fourth-order valence-corrected chi connectivity index (χ4v) is 3.29. The lowest BCUT2D eigenvalue weighted by Gasteiger charge is -2.40. The highest BCUT2D eigenvalue weighted by molar-refractivity contribution is 5.87. The first-order valence-electron chi connectivity index (χ1n) is 8.32. The molecule has 1 N–H and O–H groups in total. The number of rotatable bonds is 5. The number of esters is 1. The number of aromatic amines is 1. The molecule has 2 aliphatic heterocycles. The Morgan fingerprint density at radius 2 is 2.04 bits per heavy atom. The van der Waals surface area contributed by atoms with Crippen molar-refractivity contribution >= 4 is 5.97 Å². The van der Waals surface area contributed by atoms with Crippen molar-refractivity contribution in [1.82, 2.24) is 9.55 Å². The maximum absolute atomic E-state index is 12.1. The van der Waals surface area contributed by atoms with Gasteiger partial charge in [0.1, 0.15) is 12.3 Å². The maximum Gasteiger partial charge on any atom is 0.345 e. The molecule has 26 heavy (non-hydrogen) atoms. The number of nitrogens with one attached hydrogen (secondary N) is 1. The third kappa shape index (κ3) is 2.67. The molecule has 0 bridgehead atoms. The molecule has 0 unspecified atom stereocenters. The molecule has 8 nitrogen and oxygen atoms in total. The van der Waals surface area contributed by atoms with Crippen LogP contribution in [0.15, 0.2) is 46.1 Å². The molecule has 2 aromatic rings. The molecule has 0 aliphatic carbocycles. The standard InChI is InChI=1S/C18H18N2O6/c1-11-8-20(17(23)19-15(11)21)14-7-13-18(26-14,16(22)25-13)10-24-9-12-5-3-2-4-6-12/h2-6,8,13-14H,7,9-10H2,1H3,(H,19,21,23)/t13-,14+,18+/m0/s1. The van der Waals surface area contributed by atoms with Gasteiger partial charge in [-0.3, -0.25) is 14.3 Å². The van der Waals surface area contributed by atoms with Crippen molar-refractivity contribution in [3.05, 3.63) is 68.5 Å². The first-order chi connectivity index (χ1) is 12.5. The number of benzene rings is 1. The van der Waals surface area contributed by atoms with Gasteiger partial charge in [-0.2, -0.15) is 0 Å². The Morgan fingerprint density at radius 3 is 2.77 bits per heavy atom. The Kier molecular flexibility index (Phi) is 4.01. The van der Waals surface area contributed by atoms with Crippen LogP contribution in [0.25, 0.3) is 0 Å². The van der Waals surface area contributed by atoms with Crippen molar-refractivity contribution in [3.8, 4) is 0 Å². The third-order valence-corrected chi connectivity index (χ3v) is 4.76. The number of aromatic nitrogens is 2. The van der Waals surface area contributed by atoms with Crippen LogP contribution in [-0.2, 0) is 25.6 Å². The number of fused-ring (bicyclic) bond motifs is 1. The molecule has 3 atom stereocenters. The van der Waals surface area contributed by atoms with E-state index in [1.165, 1.54) is 10.8 Å². The van der Waals surface area contributed by atoms with Gasteiger partial charge < -0.3 is 14.2 Å². The third-order valence-electron chi connectivity index (χ3n) is 4.76. The molecule has 136 valence electrons. The van der Waals surface area contributed by atoms with E-state index < -0.39 is 35.2 Å². The molecular weight excluding hydrogens is 340 g/mol. The molecule has 1 aromatic carbocycles. The minimum atomic E-state index is -1.21. The van der Waals surface area contributed by atoms with E-state index in [4.69, 9.17) is 14.2 Å². The number of H-pyrrole nitrogens is 1. The first-order valence-corrected chi connectivity index (χ1v) is 8.32. The molecule has 1 aromatic heterocycles. The molecular formula is C18H18N2O6. The summed E-state index contributed by atoms with van der Waals surface area (Å²) in [6, 6.07) is 9.58. The highest BCUT2D eigenvalue weighted by Gasteiger charge is 2.66. The number of hydrogen-bond acceptors (Lipinski definition) is 6. The van der Waals surface area contributed by atoms with E-state index >= 15 is 0 Å². The van der Waals surface area contributed by atoms with Crippen LogP contribution in [0.5, 0.6) is 0 Å². The molecule has 0 spiro atoms. The van der Waals surface area contributed by atoms with E-state index in [2.05, 4.69) is 4.98 Å². The first kappa shape index (κ1) is 16.7. The van der Waals surface area contributed by atoms with Gasteiger partial charge in [-0.15, -0.1) is 0 Å². The maximum atomic E-state index is 12.1. The molecule has 0 saturated carbocycles. The van der Waals surface area contributed by atoms with Gasteiger partial charge in [-0.25, -0.2) is 9.59 Å². The highest BCUT2D eigenvalue weighted by Crippen LogP contribution is 2.46. The normalized spacial score (nSPS) is 26.9. The van der Waals surface area contributed by atoms with Gasteiger partial charge >= 0.3 is 11.7 Å². The number of carbonyl (C=O) groups excluding carboxylic acids is 1. The van der Waals surface area contributed by atoms with Gasteiger partial charge in [0.15, 0.2) is 0 Å². The predicted octanol–water partition coefficient (Wildman–Crippen LogP) is 0.645. The van der Waals surface area contributed by atoms with E-state index in [0.717, 1.165) is 5.56 Å². The average Bonchev–Trinajstić information content (AvgIpc) is 2.92. The van der Waals surface area contributed by atoms with Crippen LogP contribution < -0.4 is 11.2 Å². The number of hydrogen-bond donors (Lipinski definition) is 1. The predicted molar refractivity (Wildman–Crippen MR) is 89.5 cm³/mol. The molecule has 2 fully saturated rings. The van der Waals surface area contributed by atoms with E-state index in [1.807, 2.05) is 30.3 Å². The average molecular weight is 358 g/mol. The lowest BCUT2D eigenvalue weighted by Crippen LogP contribution is -2.63. The second-order valence-electron chi connectivity index (χ2n) is 6.55. The molecule has 4 rings (SSSR count). The van der Waals surface area contributed by atoms with Gasteiger partial charge in [0, 0.05) is 18.2 Å². The van der Waals surface area contributed by atoms with Crippen molar-refractivity contribution in [1.29, 1.82) is 0 Å². The van der Waals surface area contributed by atoms with Crippen molar-refractivity contribution < 1.29 is 19.0 Å². The lowest BCUT2D eigenvalue weighted by molar-refractivity contribution is -0.237. The molecule has 0 amide bonds. The van der Waals surface area contributed by atoms with Crippen molar-refractivity contribution in [2.45, 2.75) is 37.9 Å². The SMILES string of the molecule is Cc1cn([C@H]2C[C@@H]3OC(=O)[C@]3(COCc3ccccc3)O2)c(=O)[nH]c1=O. The summed E-state index contributed by atoms with van der Waals surface area (Å²) >= 11 is 0. The summed E-state index contributed by atoms with van der Waals surface area (Å²) in [5.74, 6) is -0.493. The largest absolute Gasteiger partial charge is 0.456 e. The highest BCUT2D eigenvalue weighted by atomic mass is 16.7. The van der Waals surface area contributed by atoms with Crippen molar-refractivity contribution in [3.63, 3.8) is 0 Å². The lowest BCUT2D eigenvalue weighted by atomic mass is 9.92. The zero-order valence-electron chi connectivity index (χ0n) is 14.1. The summed E-state index contributed by atoms with van der Waals surface area (Å²) in [5, 5.41) is 0. The zero-order chi connectivity index (χ0) is 18.3. The molecule has 2 saturated heterocycles. The second-order valence-corrected chi connectivity index (χ2v) is 6.55. The number of aryl methyl sites for hydroxylation is 1. The summed E-state index contributed by atoms with van der Waals surface area (Å²) in [6.07, 6.45) is 0.579. The summed E-state index contributed by atoms with van der Waals surface area (Å²) in [7, 11) is 0. The monoisotopic (exact) mass is 358 g/mol. The zero-order valence-corrected chi connectivity index (χ0v) is 14.1. The second kappa shape index (κ2) is 6.22. The Hall–Kier alpha value is -2.71. The summed E-state index contributed by atoms with van der Waals surface area (Å²) in [5.41, 5.74) is -0.868. The Labute approximate surface area is 148 Å². The van der Waals surface area contributed by atoms with Crippen molar-refractivity contribution in [2.75, 3.05) is 6.61 Å². The Bertz CT molecular complexity index is 950. The number of carbonyl (C=O) groups is 1. The van der Waals surface area contributed by atoms with E-state index in [0.29, 0.717) is 18.6 Å². The van der Waals surface area contributed by atoms with Gasteiger partial charge in [0.05, 0.1) is 13.2 Å². The van der Waals surface area contributed by atoms with E-state index in [9.17, 15) is 14.4 Å². The molecule has 3 heterocycles. The number of ether oxygens (including phenoxy) is 3. The minimum absolute atomic E-state index is 0.0407. The smallest absolute Gasteiger partial charge is 0.345 e. The van der Waals surface area contributed by atoms with Gasteiger partial charge in [-0.05, 0) is 12.5 Å². The number of nitrogens with zero attached hydrogens (tertiary/aromatic N) is 1. The fourth-order valence-electron chi connectivity index (χ4n) is 3.29. The minimum Gasteiger partial charge on any atom is -0.456 e. The van der Waals surface area contributed by atoms with Crippen LogP contribution >= 0.6 is 0 Å². The van der Waals surface area contributed by atoms with Gasteiger partial charge in [-0.1, -0.05) is 30.3 Å². The molecule has 8 heteroatoms. The van der Waals surface area contributed by atoms with Crippen LogP contribution in [0.4, 0.5) is 0 Å². The van der Waals surface area contributed by atoms with Crippen LogP contribution in [0.3, 0.4) is 0 Å². The van der Waals surface area contributed by atoms with Gasteiger partial charge in [0.2, 0.25) is 5.60 Å². The van der Waals surface area contributed by atoms with Crippen LogP contribution in [0.1, 0.15) is 23.8 Å². The summed E-state index contributed by atoms with van der Waals surface area (Å²) < 4.78 is 18.1. The van der Waals surface area contributed by atoms with Crippen LogP contribution in [0.2, 0.25) is 0 Å². The molecule has 0 radical (unpaired) electrons. The van der Waals surface area contributed by atoms with Gasteiger partial charge in [0.25, 0.3) is 5.56 Å². The van der Waals surface area contributed by atoms with Crippen LogP contribution in [-0.4, -0.2) is 33.8 Å². The quantitative estimate of drug-likeness (QED) is 0.788. The summed E-state index contributed by atoms with van der Waals surface area (Å²) in [6.45, 7) is 1.98. The molecule has 2 aliphatic rings. The Morgan fingerprint density at radius 1 is 1.27 bits per heavy atom. The van der Waals surface area contributed by atoms with Crippen LogP contribution in [0, 0.1) is 6.92 Å². The van der Waals surface area contributed by atoms with E-state index in [-0.39, 0.29) is 6.61 Å². The van der Waals surface area contributed by atoms with Crippen molar-refractivity contribution in [2.24, 2.45) is 0 Å². The van der Waals surface area contributed by atoms with E-state index in [1.54, 1.807) is 6.92 Å². The fraction of sp³-hybridized carbons (Fsp3) is 0.389.